The van der Waals surface area contributed by atoms with Crippen molar-refractivity contribution < 1.29 is 14.3 Å². The van der Waals surface area contributed by atoms with Gasteiger partial charge in [0, 0.05) is 19.0 Å². The van der Waals surface area contributed by atoms with Crippen molar-refractivity contribution in [1.82, 2.24) is 4.90 Å². The molecule has 0 spiro atoms. The molecule has 1 unspecified atom stereocenters. The van der Waals surface area contributed by atoms with Gasteiger partial charge in [0.25, 0.3) is 0 Å². The minimum absolute atomic E-state index is 0.137. The van der Waals surface area contributed by atoms with Crippen molar-refractivity contribution in [3.63, 3.8) is 0 Å². The molecular weight excluding hydrogens is 182 g/mol. The lowest BCUT2D eigenvalue weighted by Gasteiger charge is -2.24. The Hall–Kier alpha value is -1.06. The standard InChI is InChI=1S/C10H16NO3/c1-10(2,3)14-9(13)11-5-4-8(6-11)7-12/h8H,4-6H2,1-3H3. The molecule has 1 heterocycles. The van der Waals surface area contributed by atoms with E-state index in [9.17, 15) is 9.59 Å². The number of nitrogens with zero attached hydrogens (tertiary/aromatic N) is 1. The lowest BCUT2D eigenvalue weighted by Crippen LogP contribution is -2.35. The highest BCUT2D eigenvalue weighted by atomic mass is 16.6. The lowest BCUT2D eigenvalue weighted by atomic mass is 10.1. The first-order valence-electron chi connectivity index (χ1n) is 4.78. The van der Waals surface area contributed by atoms with Crippen LogP contribution in [0.3, 0.4) is 0 Å². The Morgan fingerprint density at radius 1 is 1.50 bits per heavy atom. The molecule has 79 valence electrons. The van der Waals surface area contributed by atoms with Crippen molar-refractivity contribution >= 4 is 12.4 Å². The third-order valence-electron chi connectivity index (χ3n) is 2.01. The van der Waals surface area contributed by atoms with Gasteiger partial charge in [-0.05, 0) is 27.2 Å². The minimum Gasteiger partial charge on any atom is -0.444 e. The molecular formula is C10H16NO3. The predicted octanol–water partition coefficient (Wildman–Crippen LogP) is 1.35. The van der Waals surface area contributed by atoms with E-state index in [1.165, 1.54) is 0 Å². The predicted molar refractivity (Wildman–Crippen MR) is 51.6 cm³/mol. The van der Waals surface area contributed by atoms with Crippen LogP contribution in [0.25, 0.3) is 0 Å². The van der Waals surface area contributed by atoms with E-state index in [0.717, 1.165) is 0 Å². The van der Waals surface area contributed by atoms with E-state index in [-0.39, 0.29) is 12.0 Å². The Labute approximate surface area is 84.2 Å². The molecule has 1 rings (SSSR count). The summed E-state index contributed by atoms with van der Waals surface area (Å²) in [6.07, 6.45) is 2.27. The second kappa shape index (κ2) is 3.98. The van der Waals surface area contributed by atoms with Crippen LogP contribution in [0.4, 0.5) is 4.79 Å². The monoisotopic (exact) mass is 198 g/mol. The van der Waals surface area contributed by atoms with Gasteiger partial charge in [-0.1, -0.05) is 0 Å². The topological polar surface area (TPSA) is 46.6 Å². The number of amides is 1. The highest BCUT2D eigenvalue weighted by Gasteiger charge is 2.29. The first-order chi connectivity index (χ1) is 6.42. The third-order valence-corrected chi connectivity index (χ3v) is 2.01. The Morgan fingerprint density at radius 2 is 2.14 bits per heavy atom. The van der Waals surface area contributed by atoms with Crippen molar-refractivity contribution in [2.45, 2.75) is 32.8 Å². The fraction of sp³-hybridized carbons (Fsp3) is 0.800. The average molecular weight is 198 g/mol. The van der Waals surface area contributed by atoms with Gasteiger partial charge in [0.05, 0.1) is 0 Å². The molecule has 14 heavy (non-hydrogen) atoms. The van der Waals surface area contributed by atoms with E-state index < -0.39 is 5.60 Å². The fourth-order valence-electron chi connectivity index (χ4n) is 1.35. The third kappa shape index (κ3) is 3.01. The summed E-state index contributed by atoms with van der Waals surface area (Å²) in [6.45, 7) is 6.51. The first-order valence-corrected chi connectivity index (χ1v) is 4.78. The maximum absolute atomic E-state index is 11.5. The SMILES string of the molecule is CC(C)(C)OC(=O)N1CCC([C]=O)C1. The van der Waals surface area contributed by atoms with Gasteiger partial charge in [-0.25, -0.2) is 4.79 Å². The van der Waals surface area contributed by atoms with Crippen molar-refractivity contribution in [2.24, 2.45) is 5.92 Å². The maximum Gasteiger partial charge on any atom is 0.410 e. The molecule has 1 radical (unpaired) electrons. The molecule has 0 bridgehead atoms. The maximum atomic E-state index is 11.5. The molecule has 0 aromatic heterocycles. The van der Waals surface area contributed by atoms with Crippen LogP contribution < -0.4 is 0 Å². The minimum atomic E-state index is -0.472. The van der Waals surface area contributed by atoms with Gasteiger partial charge in [-0.3, -0.25) is 4.79 Å². The van der Waals surface area contributed by atoms with Crippen LogP contribution in [-0.2, 0) is 9.53 Å². The van der Waals surface area contributed by atoms with E-state index >= 15 is 0 Å². The highest BCUT2D eigenvalue weighted by molar-refractivity contribution is 5.70. The van der Waals surface area contributed by atoms with Gasteiger partial charge in [0.2, 0.25) is 6.29 Å². The van der Waals surface area contributed by atoms with Gasteiger partial charge in [0.1, 0.15) is 5.60 Å². The molecule has 0 aliphatic carbocycles. The molecule has 0 N–H and O–H groups in total. The Kier molecular flexibility index (Phi) is 3.13. The summed E-state index contributed by atoms with van der Waals surface area (Å²) in [4.78, 5) is 23.4. The zero-order valence-electron chi connectivity index (χ0n) is 8.87. The summed E-state index contributed by atoms with van der Waals surface area (Å²) < 4.78 is 5.17. The van der Waals surface area contributed by atoms with Crippen LogP contribution >= 0.6 is 0 Å². The number of hydrogen-bond acceptors (Lipinski definition) is 3. The van der Waals surface area contributed by atoms with Crippen molar-refractivity contribution in [3.05, 3.63) is 0 Å². The molecule has 1 aliphatic rings. The number of likely N-dealkylation sites (tertiary alicyclic amines) is 1. The van der Waals surface area contributed by atoms with Gasteiger partial charge in [-0.15, -0.1) is 0 Å². The highest BCUT2D eigenvalue weighted by Crippen LogP contribution is 2.17. The van der Waals surface area contributed by atoms with E-state index in [2.05, 4.69) is 0 Å². The largest absolute Gasteiger partial charge is 0.444 e. The summed E-state index contributed by atoms with van der Waals surface area (Å²) in [5.41, 5.74) is -0.472. The van der Waals surface area contributed by atoms with Crippen molar-refractivity contribution in [3.8, 4) is 0 Å². The molecule has 0 aromatic rings. The van der Waals surface area contributed by atoms with E-state index in [1.807, 2.05) is 27.1 Å². The molecule has 1 amide bonds. The summed E-state index contributed by atoms with van der Waals surface area (Å²) in [5.74, 6) is -0.137. The number of rotatable bonds is 1. The quantitative estimate of drug-likeness (QED) is 0.639. The van der Waals surface area contributed by atoms with Gasteiger partial charge >= 0.3 is 6.09 Å². The smallest absolute Gasteiger partial charge is 0.410 e. The molecule has 0 saturated carbocycles. The summed E-state index contributed by atoms with van der Waals surface area (Å²) in [6, 6.07) is 0. The van der Waals surface area contributed by atoms with Crippen LogP contribution in [-0.4, -0.2) is 36.0 Å². The second-order valence-electron chi connectivity index (χ2n) is 4.53. The first kappa shape index (κ1) is 11.0. The number of carbonyl (C=O) groups is 1. The van der Waals surface area contributed by atoms with Gasteiger partial charge in [0.15, 0.2) is 0 Å². The van der Waals surface area contributed by atoms with Crippen LogP contribution in [0.15, 0.2) is 0 Å². The summed E-state index contributed by atoms with van der Waals surface area (Å²) in [7, 11) is 0. The van der Waals surface area contributed by atoms with Crippen molar-refractivity contribution in [1.29, 1.82) is 0 Å². The molecule has 4 heteroatoms. The van der Waals surface area contributed by atoms with Crippen LogP contribution in [0, 0.1) is 5.92 Å². The van der Waals surface area contributed by atoms with Gasteiger partial charge < -0.3 is 9.64 Å². The number of hydrogen-bond donors (Lipinski definition) is 0. The molecule has 1 saturated heterocycles. The van der Waals surface area contributed by atoms with E-state index in [1.54, 1.807) is 4.90 Å². The molecule has 1 atom stereocenters. The van der Waals surface area contributed by atoms with Crippen molar-refractivity contribution in [2.75, 3.05) is 13.1 Å². The van der Waals surface area contributed by atoms with Crippen LogP contribution in [0.1, 0.15) is 27.2 Å². The Bertz CT molecular complexity index is 232. The average Bonchev–Trinajstić information content (AvgIpc) is 2.48. The lowest BCUT2D eigenvalue weighted by molar-refractivity contribution is 0.0292. The Morgan fingerprint density at radius 3 is 2.57 bits per heavy atom. The zero-order chi connectivity index (χ0) is 10.8. The van der Waals surface area contributed by atoms with Gasteiger partial charge in [-0.2, -0.15) is 0 Å². The molecule has 1 fully saturated rings. The van der Waals surface area contributed by atoms with E-state index in [0.29, 0.717) is 19.5 Å². The molecule has 1 aliphatic heterocycles. The summed E-state index contributed by atoms with van der Waals surface area (Å²) in [5, 5.41) is 0. The zero-order valence-corrected chi connectivity index (χ0v) is 8.87. The Balaban J connectivity index is 2.43. The fourth-order valence-corrected chi connectivity index (χ4v) is 1.35. The van der Waals surface area contributed by atoms with Crippen LogP contribution in [0.2, 0.25) is 0 Å². The summed E-state index contributed by atoms with van der Waals surface area (Å²) >= 11 is 0. The second-order valence-corrected chi connectivity index (χ2v) is 4.53. The molecule has 0 aromatic carbocycles. The van der Waals surface area contributed by atoms with Crippen LogP contribution in [0.5, 0.6) is 0 Å². The van der Waals surface area contributed by atoms with E-state index in [4.69, 9.17) is 4.74 Å². The normalized spacial score (nSPS) is 22.2. The number of ether oxygens (including phenoxy) is 1. The molecule has 4 nitrogen and oxygen atoms in total. The number of carbonyl (C=O) groups excluding carboxylic acids is 2.